The summed E-state index contributed by atoms with van der Waals surface area (Å²) < 4.78 is 1.94. The summed E-state index contributed by atoms with van der Waals surface area (Å²) >= 11 is 0. The van der Waals surface area contributed by atoms with Crippen molar-refractivity contribution >= 4 is 5.91 Å². The van der Waals surface area contributed by atoms with Crippen LogP contribution in [0.25, 0.3) is 5.69 Å². The first-order valence-corrected chi connectivity index (χ1v) is 8.43. The van der Waals surface area contributed by atoms with Crippen LogP contribution in [-0.2, 0) is 6.42 Å². The summed E-state index contributed by atoms with van der Waals surface area (Å²) in [4.78, 5) is 12.8. The minimum absolute atomic E-state index is 0.0191. The van der Waals surface area contributed by atoms with E-state index in [1.54, 1.807) is 0 Å². The van der Waals surface area contributed by atoms with Crippen LogP contribution >= 0.6 is 0 Å². The zero-order valence-corrected chi connectivity index (χ0v) is 14.8. The molecule has 1 aromatic carbocycles. The topological polar surface area (TPSA) is 46.9 Å². The average Bonchev–Trinajstić information content (AvgIpc) is 2.87. The van der Waals surface area contributed by atoms with Crippen molar-refractivity contribution < 1.29 is 4.79 Å². The van der Waals surface area contributed by atoms with Crippen LogP contribution in [0.15, 0.2) is 30.3 Å². The molecule has 0 radical (unpaired) electrons. The minimum Gasteiger partial charge on any atom is -0.350 e. The lowest BCUT2D eigenvalue weighted by molar-refractivity contribution is 0.0941. The first-order valence-electron chi connectivity index (χ1n) is 8.43. The van der Waals surface area contributed by atoms with Crippen LogP contribution in [0.4, 0.5) is 0 Å². The molecule has 1 heterocycles. The fourth-order valence-corrected chi connectivity index (χ4v) is 2.77. The van der Waals surface area contributed by atoms with Gasteiger partial charge in [0, 0.05) is 6.04 Å². The van der Waals surface area contributed by atoms with E-state index in [2.05, 4.69) is 26.1 Å². The molecule has 1 aromatic heterocycles. The minimum atomic E-state index is -0.0191. The Kier molecular flexibility index (Phi) is 5.59. The average molecular weight is 313 g/mol. The van der Waals surface area contributed by atoms with Gasteiger partial charge < -0.3 is 5.32 Å². The Morgan fingerprint density at radius 3 is 2.35 bits per heavy atom. The molecule has 0 saturated heterocycles. The number of nitrogens with zero attached hydrogens (tertiary/aromatic N) is 2. The number of hydrogen-bond donors (Lipinski definition) is 1. The monoisotopic (exact) mass is 313 g/mol. The van der Waals surface area contributed by atoms with Crippen molar-refractivity contribution in [1.29, 1.82) is 0 Å². The lowest BCUT2D eigenvalue weighted by Gasteiger charge is -2.14. The molecule has 4 nitrogen and oxygen atoms in total. The summed E-state index contributed by atoms with van der Waals surface area (Å²) in [6, 6.07) is 10.1. The molecule has 0 bridgehead atoms. The third kappa shape index (κ3) is 3.81. The van der Waals surface area contributed by atoms with Gasteiger partial charge in [0.25, 0.3) is 5.91 Å². The number of aromatic nitrogens is 2. The van der Waals surface area contributed by atoms with Crippen LogP contribution in [0.5, 0.6) is 0 Å². The van der Waals surface area contributed by atoms with Gasteiger partial charge in [-0.25, -0.2) is 4.68 Å². The summed E-state index contributed by atoms with van der Waals surface area (Å²) in [5.41, 5.74) is 3.62. The van der Waals surface area contributed by atoms with Gasteiger partial charge in [0.2, 0.25) is 0 Å². The van der Waals surface area contributed by atoms with Gasteiger partial charge in [-0.15, -0.1) is 0 Å². The van der Waals surface area contributed by atoms with Crippen LogP contribution in [0.1, 0.15) is 68.7 Å². The summed E-state index contributed by atoms with van der Waals surface area (Å²) in [6.45, 7) is 10.3. The van der Waals surface area contributed by atoms with Crippen molar-refractivity contribution in [2.75, 3.05) is 0 Å². The third-order valence-electron chi connectivity index (χ3n) is 3.67. The molecule has 0 aliphatic carbocycles. The Morgan fingerprint density at radius 1 is 1.17 bits per heavy atom. The SMILES string of the molecule is CCCc1nn(-c2ccccc2)c(C(C)C)c1C(=O)NC(C)C. The number of carbonyl (C=O) groups excluding carboxylic acids is 1. The molecule has 1 amide bonds. The van der Waals surface area contributed by atoms with E-state index in [1.165, 1.54) is 0 Å². The van der Waals surface area contributed by atoms with Gasteiger partial charge in [0.05, 0.1) is 22.6 Å². The second-order valence-corrected chi connectivity index (χ2v) is 6.49. The molecule has 2 aromatic rings. The molecule has 4 heteroatoms. The van der Waals surface area contributed by atoms with Crippen LogP contribution in [0, 0.1) is 0 Å². The molecular formula is C19H27N3O. The smallest absolute Gasteiger partial charge is 0.255 e. The first kappa shape index (κ1) is 17.3. The lowest BCUT2D eigenvalue weighted by atomic mass is 10.0. The maximum absolute atomic E-state index is 12.8. The fourth-order valence-electron chi connectivity index (χ4n) is 2.77. The number of para-hydroxylation sites is 1. The number of rotatable bonds is 6. The number of nitrogens with one attached hydrogen (secondary N) is 1. The number of amides is 1. The van der Waals surface area contributed by atoms with Crippen LogP contribution in [0.3, 0.4) is 0 Å². The molecule has 0 aliphatic rings. The van der Waals surface area contributed by atoms with Crippen molar-refractivity contribution in [3.05, 3.63) is 47.3 Å². The summed E-state index contributed by atoms with van der Waals surface area (Å²) in [5, 5.41) is 7.80. The van der Waals surface area contributed by atoms with Gasteiger partial charge in [0.15, 0.2) is 0 Å². The van der Waals surface area contributed by atoms with Crippen LogP contribution in [0.2, 0.25) is 0 Å². The van der Waals surface area contributed by atoms with E-state index in [4.69, 9.17) is 5.10 Å². The van der Waals surface area contributed by atoms with Crippen molar-refractivity contribution in [3.8, 4) is 5.69 Å². The number of aryl methyl sites for hydroxylation is 1. The maximum atomic E-state index is 12.8. The predicted octanol–water partition coefficient (Wildman–Crippen LogP) is 4.09. The van der Waals surface area contributed by atoms with Gasteiger partial charge in [-0.1, -0.05) is 45.4 Å². The Morgan fingerprint density at radius 2 is 1.83 bits per heavy atom. The Hall–Kier alpha value is -2.10. The van der Waals surface area contributed by atoms with E-state index in [0.717, 1.165) is 35.5 Å². The fraction of sp³-hybridized carbons (Fsp3) is 0.474. The first-order chi connectivity index (χ1) is 11.0. The lowest BCUT2D eigenvalue weighted by Crippen LogP contribution is -2.31. The zero-order valence-electron chi connectivity index (χ0n) is 14.8. The standard InChI is InChI=1S/C19H27N3O/c1-6-10-16-17(19(23)20-14(4)5)18(13(2)3)22(21-16)15-11-8-7-9-12-15/h7-9,11-14H,6,10H2,1-5H3,(H,20,23). The van der Waals surface area contributed by atoms with E-state index in [9.17, 15) is 4.79 Å². The Labute approximate surface area is 138 Å². The molecule has 0 aliphatic heterocycles. The normalized spacial score (nSPS) is 11.3. The quantitative estimate of drug-likeness (QED) is 0.873. The van der Waals surface area contributed by atoms with Gasteiger partial charge in [-0.05, 0) is 38.3 Å². The van der Waals surface area contributed by atoms with Gasteiger partial charge >= 0.3 is 0 Å². The molecule has 124 valence electrons. The number of hydrogen-bond acceptors (Lipinski definition) is 2. The maximum Gasteiger partial charge on any atom is 0.255 e. The van der Waals surface area contributed by atoms with E-state index in [0.29, 0.717) is 0 Å². The molecule has 0 fully saturated rings. The largest absolute Gasteiger partial charge is 0.350 e. The second-order valence-electron chi connectivity index (χ2n) is 6.49. The Bertz CT molecular complexity index is 657. The third-order valence-corrected chi connectivity index (χ3v) is 3.67. The van der Waals surface area contributed by atoms with Gasteiger partial charge in [-0.2, -0.15) is 5.10 Å². The molecule has 23 heavy (non-hydrogen) atoms. The van der Waals surface area contributed by atoms with Crippen molar-refractivity contribution in [2.24, 2.45) is 0 Å². The van der Waals surface area contributed by atoms with E-state index < -0.39 is 0 Å². The van der Waals surface area contributed by atoms with Crippen LogP contribution in [-0.4, -0.2) is 21.7 Å². The summed E-state index contributed by atoms with van der Waals surface area (Å²) in [6.07, 6.45) is 1.77. The van der Waals surface area contributed by atoms with Gasteiger partial charge in [-0.3, -0.25) is 4.79 Å². The van der Waals surface area contributed by atoms with E-state index >= 15 is 0 Å². The zero-order chi connectivity index (χ0) is 17.0. The predicted molar refractivity (Wildman–Crippen MR) is 94.3 cm³/mol. The molecule has 0 atom stereocenters. The second kappa shape index (κ2) is 7.44. The van der Waals surface area contributed by atoms with E-state index in [-0.39, 0.29) is 17.9 Å². The summed E-state index contributed by atoms with van der Waals surface area (Å²) in [7, 11) is 0. The van der Waals surface area contributed by atoms with Crippen molar-refractivity contribution in [2.45, 2.75) is 59.4 Å². The highest BCUT2D eigenvalue weighted by Gasteiger charge is 2.26. The molecule has 0 spiro atoms. The van der Waals surface area contributed by atoms with Crippen molar-refractivity contribution in [1.82, 2.24) is 15.1 Å². The highest BCUT2D eigenvalue weighted by Crippen LogP contribution is 2.27. The highest BCUT2D eigenvalue weighted by molar-refractivity contribution is 5.97. The molecular weight excluding hydrogens is 286 g/mol. The number of carbonyl (C=O) groups is 1. The molecule has 2 rings (SSSR count). The van der Waals surface area contributed by atoms with Crippen molar-refractivity contribution in [3.63, 3.8) is 0 Å². The molecule has 0 saturated carbocycles. The van der Waals surface area contributed by atoms with Crippen LogP contribution < -0.4 is 5.32 Å². The molecule has 0 unspecified atom stereocenters. The molecule has 1 N–H and O–H groups in total. The van der Waals surface area contributed by atoms with Gasteiger partial charge in [0.1, 0.15) is 0 Å². The highest BCUT2D eigenvalue weighted by atomic mass is 16.1. The number of benzene rings is 1. The van der Waals surface area contributed by atoms with E-state index in [1.807, 2.05) is 48.9 Å². The summed E-state index contributed by atoms with van der Waals surface area (Å²) in [5.74, 6) is 0.190. The Balaban J connectivity index is 2.62.